The highest BCUT2D eigenvalue weighted by atomic mass is 16.3. The number of anilines is 1. The highest BCUT2D eigenvalue weighted by Crippen LogP contribution is 2.16. The van der Waals surface area contributed by atoms with Gasteiger partial charge in [-0.3, -0.25) is 5.41 Å². The molecule has 1 aliphatic heterocycles. The number of aliphatic hydroxyl groups excluding tert-OH is 1. The van der Waals surface area contributed by atoms with E-state index in [0.717, 1.165) is 25.1 Å². The van der Waals surface area contributed by atoms with Crippen LogP contribution in [0, 0.1) is 12.3 Å². The van der Waals surface area contributed by atoms with Crippen LogP contribution in [0.3, 0.4) is 0 Å². The van der Waals surface area contributed by atoms with E-state index in [2.05, 4.69) is 9.97 Å². The fraction of sp³-hybridized carbons (Fsp3) is 0.545. The number of nitrogens with one attached hydrogen (secondary N) is 1. The second-order valence-electron chi connectivity index (χ2n) is 4.35. The summed E-state index contributed by atoms with van der Waals surface area (Å²) in [5.74, 6) is 0.489. The standard InChI is InChI=1S/C11H17N5O/c1-7-5-9(10(12)13)15-11(14-7)16-4-2-3-8(17)6-16/h5,8,17H,2-4,6H2,1H3,(H3,12,13). The minimum absolute atomic E-state index is 0.0608. The van der Waals surface area contributed by atoms with E-state index < -0.39 is 0 Å². The first-order chi connectivity index (χ1) is 8.06. The van der Waals surface area contributed by atoms with E-state index in [-0.39, 0.29) is 11.9 Å². The van der Waals surface area contributed by atoms with Gasteiger partial charge in [-0.2, -0.15) is 0 Å². The molecule has 0 radical (unpaired) electrons. The van der Waals surface area contributed by atoms with E-state index in [9.17, 15) is 5.11 Å². The van der Waals surface area contributed by atoms with Gasteiger partial charge in [0, 0.05) is 18.8 Å². The van der Waals surface area contributed by atoms with Gasteiger partial charge in [0.15, 0.2) is 0 Å². The SMILES string of the molecule is Cc1cc(C(=N)N)nc(N2CCCC(O)C2)n1. The number of aryl methyl sites for hydroxylation is 1. The average molecular weight is 235 g/mol. The number of nitrogen functional groups attached to an aromatic ring is 1. The Morgan fingerprint density at radius 2 is 2.35 bits per heavy atom. The van der Waals surface area contributed by atoms with Crippen molar-refractivity contribution in [2.24, 2.45) is 5.73 Å². The van der Waals surface area contributed by atoms with E-state index in [1.54, 1.807) is 6.07 Å². The first kappa shape index (κ1) is 11.8. The van der Waals surface area contributed by atoms with Crippen molar-refractivity contribution in [3.63, 3.8) is 0 Å². The molecule has 17 heavy (non-hydrogen) atoms. The van der Waals surface area contributed by atoms with Crippen molar-refractivity contribution in [1.82, 2.24) is 9.97 Å². The predicted octanol–water partition coefficient (Wildman–Crippen LogP) is 0.0302. The van der Waals surface area contributed by atoms with Gasteiger partial charge in [-0.05, 0) is 25.8 Å². The zero-order valence-electron chi connectivity index (χ0n) is 9.85. The number of nitrogens with two attached hydrogens (primary N) is 1. The van der Waals surface area contributed by atoms with Crippen molar-refractivity contribution in [3.8, 4) is 0 Å². The summed E-state index contributed by atoms with van der Waals surface area (Å²) in [6.07, 6.45) is 1.42. The van der Waals surface area contributed by atoms with Crippen molar-refractivity contribution >= 4 is 11.8 Å². The maximum absolute atomic E-state index is 9.62. The lowest BCUT2D eigenvalue weighted by atomic mass is 10.1. The third kappa shape index (κ3) is 2.71. The molecule has 1 aromatic heterocycles. The van der Waals surface area contributed by atoms with Gasteiger partial charge < -0.3 is 15.7 Å². The first-order valence-corrected chi connectivity index (χ1v) is 5.69. The Morgan fingerprint density at radius 1 is 1.59 bits per heavy atom. The van der Waals surface area contributed by atoms with Gasteiger partial charge in [0.05, 0.1) is 6.10 Å². The summed E-state index contributed by atoms with van der Waals surface area (Å²) in [7, 11) is 0. The summed E-state index contributed by atoms with van der Waals surface area (Å²) < 4.78 is 0. The Balaban J connectivity index is 2.28. The van der Waals surface area contributed by atoms with Gasteiger partial charge >= 0.3 is 0 Å². The molecular weight excluding hydrogens is 218 g/mol. The Bertz CT molecular complexity index is 434. The minimum atomic E-state index is -0.325. The van der Waals surface area contributed by atoms with E-state index in [0.29, 0.717) is 18.2 Å². The molecule has 0 amide bonds. The fourth-order valence-electron chi connectivity index (χ4n) is 1.97. The molecule has 0 bridgehead atoms. The number of aliphatic hydroxyl groups is 1. The lowest BCUT2D eigenvalue weighted by Gasteiger charge is -2.30. The summed E-state index contributed by atoms with van der Waals surface area (Å²) in [6, 6.07) is 1.69. The Kier molecular flexibility index (Phi) is 3.23. The molecular formula is C11H17N5O. The number of rotatable bonds is 2. The zero-order valence-corrected chi connectivity index (χ0v) is 9.85. The van der Waals surface area contributed by atoms with E-state index in [4.69, 9.17) is 11.1 Å². The molecule has 0 saturated carbocycles. The fourth-order valence-corrected chi connectivity index (χ4v) is 1.97. The van der Waals surface area contributed by atoms with Crippen molar-refractivity contribution < 1.29 is 5.11 Å². The number of aromatic nitrogens is 2. The molecule has 0 spiro atoms. The van der Waals surface area contributed by atoms with E-state index in [1.807, 2.05) is 11.8 Å². The van der Waals surface area contributed by atoms with Crippen LogP contribution in [0.2, 0.25) is 0 Å². The number of hydrogen-bond acceptors (Lipinski definition) is 5. The lowest BCUT2D eigenvalue weighted by molar-refractivity contribution is 0.153. The van der Waals surface area contributed by atoms with Gasteiger partial charge in [0.2, 0.25) is 5.95 Å². The maximum Gasteiger partial charge on any atom is 0.226 e. The molecule has 0 aliphatic carbocycles. The van der Waals surface area contributed by atoms with Crippen LogP contribution in [0.1, 0.15) is 24.2 Å². The van der Waals surface area contributed by atoms with Crippen LogP contribution in [0.15, 0.2) is 6.07 Å². The molecule has 92 valence electrons. The van der Waals surface area contributed by atoms with Gasteiger partial charge in [0.1, 0.15) is 11.5 Å². The molecule has 6 nitrogen and oxygen atoms in total. The van der Waals surface area contributed by atoms with Gasteiger partial charge in [-0.25, -0.2) is 9.97 Å². The van der Waals surface area contributed by atoms with Crippen LogP contribution >= 0.6 is 0 Å². The number of nitrogens with zero attached hydrogens (tertiary/aromatic N) is 3. The normalized spacial score (nSPS) is 20.4. The lowest BCUT2D eigenvalue weighted by Crippen LogP contribution is -2.39. The van der Waals surface area contributed by atoms with Crippen molar-refractivity contribution in [3.05, 3.63) is 17.5 Å². The highest BCUT2D eigenvalue weighted by Gasteiger charge is 2.20. The molecule has 6 heteroatoms. The van der Waals surface area contributed by atoms with Crippen LogP contribution in [0.5, 0.6) is 0 Å². The average Bonchev–Trinajstić information content (AvgIpc) is 2.28. The predicted molar refractivity (Wildman–Crippen MR) is 65.2 cm³/mol. The molecule has 1 atom stereocenters. The van der Waals surface area contributed by atoms with Crippen molar-refractivity contribution in [2.45, 2.75) is 25.9 Å². The number of hydrogen-bond donors (Lipinski definition) is 3. The zero-order chi connectivity index (χ0) is 12.4. The largest absolute Gasteiger partial charge is 0.391 e. The molecule has 4 N–H and O–H groups in total. The number of amidine groups is 1. The van der Waals surface area contributed by atoms with Gasteiger partial charge in [-0.15, -0.1) is 0 Å². The van der Waals surface area contributed by atoms with Gasteiger partial charge in [-0.1, -0.05) is 0 Å². The molecule has 0 aromatic carbocycles. The summed E-state index contributed by atoms with van der Waals surface area (Å²) >= 11 is 0. The van der Waals surface area contributed by atoms with Crippen LogP contribution in [-0.4, -0.2) is 40.1 Å². The quantitative estimate of drug-likeness (QED) is 0.496. The Morgan fingerprint density at radius 3 is 3.00 bits per heavy atom. The maximum atomic E-state index is 9.62. The topological polar surface area (TPSA) is 99.1 Å². The number of β-amino-alcohol motifs (C(OH)–C–C–N with tert-alkyl or cyclic N) is 1. The molecule has 1 aliphatic rings. The third-order valence-corrected chi connectivity index (χ3v) is 2.80. The van der Waals surface area contributed by atoms with Crippen LogP contribution in [0.25, 0.3) is 0 Å². The Hall–Kier alpha value is -1.69. The highest BCUT2D eigenvalue weighted by molar-refractivity contribution is 5.93. The second-order valence-corrected chi connectivity index (χ2v) is 4.35. The minimum Gasteiger partial charge on any atom is -0.391 e. The smallest absolute Gasteiger partial charge is 0.226 e. The molecule has 1 aromatic rings. The second kappa shape index (κ2) is 4.67. The first-order valence-electron chi connectivity index (χ1n) is 5.69. The van der Waals surface area contributed by atoms with Gasteiger partial charge in [0.25, 0.3) is 0 Å². The summed E-state index contributed by atoms with van der Waals surface area (Å²) in [6.45, 7) is 3.22. The van der Waals surface area contributed by atoms with Crippen LogP contribution in [0.4, 0.5) is 5.95 Å². The van der Waals surface area contributed by atoms with E-state index >= 15 is 0 Å². The molecule has 1 fully saturated rings. The molecule has 1 unspecified atom stereocenters. The molecule has 2 rings (SSSR count). The van der Waals surface area contributed by atoms with Crippen LogP contribution in [-0.2, 0) is 0 Å². The summed E-state index contributed by atoms with van der Waals surface area (Å²) in [5, 5.41) is 17.0. The molecule has 2 heterocycles. The van der Waals surface area contributed by atoms with Crippen molar-refractivity contribution in [1.29, 1.82) is 5.41 Å². The van der Waals surface area contributed by atoms with E-state index in [1.165, 1.54) is 0 Å². The molecule has 1 saturated heterocycles. The third-order valence-electron chi connectivity index (χ3n) is 2.80. The monoisotopic (exact) mass is 235 g/mol. The number of piperidine rings is 1. The summed E-state index contributed by atoms with van der Waals surface area (Å²) in [4.78, 5) is 10.5. The van der Waals surface area contributed by atoms with Crippen molar-refractivity contribution in [2.75, 3.05) is 18.0 Å². The summed E-state index contributed by atoms with van der Waals surface area (Å²) in [5.41, 5.74) is 6.65. The Labute approximate surface area is 100.0 Å². The van der Waals surface area contributed by atoms with Crippen LogP contribution < -0.4 is 10.6 Å².